The van der Waals surface area contributed by atoms with E-state index in [2.05, 4.69) is 37.9 Å². The van der Waals surface area contributed by atoms with Gasteiger partial charge in [-0.25, -0.2) is 0 Å². The topological polar surface area (TPSA) is 50.5 Å². The minimum atomic E-state index is -0.583. The highest BCUT2D eigenvalue weighted by Gasteiger charge is 2.45. The van der Waals surface area contributed by atoms with Gasteiger partial charge in [-0.1, -0.05) is 12.8 Å². The van der Waals surface area contributed by atoms with Crippen LogP contribution in [0.3, 0.4) is 0 Å². The van der Waals surface area contributed by atoms with E-state index in [0.717, 1.165) is 31.4 Å². The van der Waals surface area contributed by atoms with Crippen LogP contribution in [-0.4, -0.2) is 46.5 Å². The molecular weight excluding hydrogens is 254 g/mol. The molecule has 1 aromatic rings. The largest absolute Gasteiger partial charge is 0.493 e. The number of aromatic nitrogens is 2. The number of likely N-dealkylation sites (N-methyl/N-ethyl adjacent to an activating group) is 1. The molecule has 0 amide bonds. The first-order valence-electron chi connectivity index (χ1n) is 7.41. The summed E-state index contributed by atoms with van der Waals surface area (Å²) in [5.41, 5.74) is 0.595. The Morgan fingerprint density at radius 3 is 2.40 bits per heavy atom. The Hall–Kier alpha value is -1.07. The molecule has 1 unspecified atom stereocenters. The van der Waals surface area contributed by atoms with Crippen LogP contribution in [0.15, 0.2) is 6.20 Å². The number of rotatable bonds is 5. The van der Waals surface area contributed by atoms with E-state index >= 15 is 0 Å². The first-order valence-corrected chi connectivity index (χ1v) is 7.41. The normalized spacial score (nSPS) is 19.8. The lowest BCUT2D eigenvalue weighted by atomic mass is 9.86. The Morgan fingerprint density at radius 1 is 1.35 bits per heavy atom. The molecule has 0 spiro atoms. The predicted octanol–water partition coefficient (Wildman–Crippen LogP) is 2.38. The quantitative estimate of drug-likeness (QED) is 0.900. The fraction of sp³-hybridized carbons (Fsp3) is 0.800. The highest BCUT2D eigenvalue weighted by atomic mass is 16.5. The molecule has 1 N–H and O–H groups in total. The Bertz CT molecular complexity index is 448. The number of hydrogen-bond acceptors (Lipinski definition) is 4. The second-order valence-corrected chi connectivity index (χ2v) is 6.24. The second-order valence-electron chi connectivity index (χ2n) is 6.24. The number of ether oxygens (including phenoxy) is 1. The molecule has 0 radical (unpaired) electrons. The van der Waals surface area contributed by atoms with Crippen molar-refractivity contribution >= 4 is 0 Å². The van der Waals surface area contributed by atoms with Crippen LogP contribution < -0.4 is 4.74 Å². The first-order chi connectivity index (χ1) is 9.44. The first kappa shape index (κ1) is 15.3. The van der Waals surface area contributed by atoms with Crippen molar-refractivity contribution < 1.29 is 9.84 Å². The van der Waals surface area contributed by atoms with Gasteiger partial charge in [0.2, 0.25) is 0 Å². The summed E-state index contributed by atoms with van der Waals surface area (Å²) in [6.45, 7) is 4.14. The summed E-state index contributed by atoms with van der Waals surface area (Å²) in [5.74, 6) is 0.680. The van der Waals surface area contributed by atoms with Crippen molar-refractivity contribution in [3.63, 3.8) is 0 Å². The SMILES string of the molecule is COc1cnn(C(C)C)c1C(O)C1(N(C)C)CCCC1. The molecular formula is C15H27N3O2. The monoisotopic (exact) mass is 281 g/mol. The summed E-state index contributed by atoms with van der Waals surface area (Å²) in [7, 11) is 5.74. The predicted molar refractivity (Wildman–Crippen MR) is 79.0 cm³/mol. The van der Waals surface area contributed by atoms with E-state index < -0.39 is 6.10 Å². The van der Waals surface area contributed by atoms with Crippen molar-refractivity contribution in [3.8, 4) is 5.75 Å². The number of methoxy groups -OCH3 is 1. The minimum Gasteiger partial charge on any atom is -0.493 e. The van der Waals surface area contributed by atoms with Gasteiger partial charge < -0.3 is 14.7 Å². The lowest BCUT2D eigenvalue weighted by Gasteiger charge is -2.41. The van der Waals surface area contributed by atoms with E-state index in [4.69, 9.17) is 4.74 Å². The maximum absolute atomic E-state index is 11.1. The molecule has 1 heterocycles. The lowest BCUT2D eigenvalue weighted by Crippen LogP contribution is -2.47. The second kappa shape index (κ2) is 5.74. The lowest BCUT2D eigenvalue weighted by molar-refractivity contribution is -0.0118. The number of aliphatic hydroxyl groups excluding tert-OH is 1. The Balaban J connectivity index is 2.46. The van der Waals surface area contributed by atoms with Gasteiger partial charge in [0.25, 0.3) is 0 Å². The van der Waals surface area contributed by atoms with Gasteiger partial charge in [-0.15, -0.1) is 0 Å². The molecule has 0 saturated heterocycles. The maximum Gasteiger partial charge on any atom is 0.162 e. The molecule has 1 atom stereocenters. The third-order valence-corrected chi connectivity index (χ3v) is 4.64. The third-order valence-electron chi connectivity index (χ3n) is 4.64. The molecule has 1 fully saturated rings. The molecule has 5 heteroatoms. The average molecular weight is 281 g/mol. The molecule has 0 aromatic carbocycles. The zero-order chi connectivity index (χ0) is 14.9. The summed E-state index contributed by atoms with van der Waals surface area (Å²) in [4.78, 5) is 2.17. The van der Waals surface area contributed by atoms with Crippen LogP contribution >= 0.6 is 0 Å². The van der Waals surface area contributed by atoms with Crippen LogP contribution in [0.2, 0.25) is 0 Å². The summed E-state index contributed by atoms with van der Waals surface area (Å²) in [5, 5.41) is 15.5. The summed E-state index contributed by atoms with van der Waals surface area (Å²) in [6, 6.07) is 0.198. The number of aliphatic hydroxyl groups is 1. The Kier molecular flexibility index (Phi) is 4.39. The molecule has 1 aromatic heterocycles. The van der Waals surface area contributed by atoms with E-state index in [-0.39, 0.29) is 11.6 Å². The Morgan fingerprint density at radius 2 is 1.95 bits per heavy atom. The summed E-state index contributed by atoms with van der Waals surface area (Å²) < 4.78 is 7.30. The molecule has 0 aliphatic heterocycles. The molecule has 114 valence electrons. The summed E-state index contributed by atoms with van der Waals surface area (Å²) >= 11 is 0. The van der Waals surface area contributed by atoms with Crippen molar-refractivity contribution in [2.45, 2.75) is 57.2 Å². The van der Waals surface area contributed by atoms with E-state index in [0.29, 0.717) is 5.75 Å². The zero-order valence-corrected chi connectivity index (χ0v) is 13.3. The third kappa shape index (κ3) is 2.33. The average Bonchev–Trinajstić information content (AvgIpc) is 3.05. The van der Waals surface area contributed by atoms with Gasteiger partial charge in [-0.05, 0) is 40.8 Å². The molecule has 1 aliphatic carbocycles. The van der Waals surface area contributed by atoms with Crippen molar-refractivity contribution in [2.24, 2.45) is 0 Å². The van der Waals surface area contributed by atoms with Gasteiger partial charge in [0, 0.05) is 6.04 Å². The van der Waals surface area contributed by atoms with E-state index in [1.54, 1.807) is 13.3 Å². The molecule has 5 nitrogen and oxygen atoms in total. The van der Waals surface area contributed by atoms with Crippen LogP contribution in [0, 0.1) is 0 Å². The van der Waals surface area contributed by atoms with Gasteiger partial charge in [0.1, 0.15) is 11.8 Å². The number of nitrogens with zero attached hydrogens (tertiary/aromatic N) is 3. The van der Waals surface area contributed by atoms with Gasteiger partial charge in [-0.3, -0.25) is 4.68 Å². The molecule has 0 bridgehead atoms. The van der Waals surface area contributed by atoms with Crippen LogP contribution in [0.25, 0.3) is 0 Å². The van der Waals surface area contributed by atoms with E-state index in [1.165, 1.54) is 0 Å². The van der Waals surface area contributed by atoms with Gasteiger partial charge in [0.15, 0.2) is 5.75 Å². The zero-order valence-electron chi connectivity index (χ0n) is 13.3. The number of hydrogen-bond donors (Lipinski definition) is 1. The molecule has 20 heavy (non-hydrogen) atoms. The fourth-order valence-electron chi connectivity index (χ4n) is 3.39. The standard InChI is InChI=1S/C15H27N3O2/c1-11(2)18-13(12(20-5)10-16-18)14(19)15(17(3)4)8-6-7-9-15/h10-11,14,19H,6-9H2,1-5H3. The van der Waals surface area contributed by atoms with E-state index in [1.807, 2.05) is 4.68 Å². The molecule has 1 aliphatic rings. The summed E-state index contributed by atoms with van der Waals surface area (Å²) in [6.07, 6.45) is 5.46. The highest BCUT2D eigenvalue weighted by molar-refractivity contribution is 5.30. The Labute approximate surface area is 121 Å². The van der Waals surface area contributed by atoms with Crippen molar-refractivity contribution in [2.75, 3.05) is 21.2 Å². The molecule has 2 rings (SSSR count). The fourth-order valence-corrected chi connectivity index (χ4v) is 3.39. The van der Waals surface area contributed by atoms with E-state index in [9.17, 15) is 5.11 Å². The highest BCUT2D eigenvalue weighted by Crippen LogP contribution is 2.45. The van der Waals surface area contributed by atoms with Gasteiger partial charge in [-0.2, -0.15) is 5.10 Å². The van der Waals surface area contributed by atoms with Crippen molar-refractivity contribution in [1.82, 2.24) is 14.7 Å². The van der Waals surface area contributed by atoms with Crippen LogP contribution in [0.4, 0.5) is 0 Å². The maximum atomic E-state index is 11.1. The van der Waals surface area contributed by atoms with Gasteiger partial charge in [0.05, 0.1) is 18.8 Å². The van der Waals surface area contributed by atoms with Crippen molar-refractivity contribution in [1.29, 1.82) is 0 Å². The smallest absolute Gasteiger partial charge is 0.162 e. The van der Waals surface area contributed by atoms with Crippen LogP contribution in [0.1, 0.15) is 57.4 Å². The van der Waals surface area contributed by atoms with Crippen LogP contribution in [0.5, 0.6) is 5.75 Å². The van der Waals surface area contributed by atoms with Crippen LogP contribution in [-0.2, 0) is 0 Å². The minimum absolute atomic E-state index is 0.198. The van der Waals surface area contributed by atoms with Crippen molar-refractivity contribution in [3.05, 3.63) is 11.9 Å². The van der Waals surface area contributed by atoms with Gasteiger partial charge >= 0.3 is 0 Å². The molecule has 1 saturated carbocycles.